The molecule has 3 rings (SSSR count). The van der Waals surface area contributed by atoms with E-state index in [2.05, 4.69) is 35.2 Å². The molecule has 2 aromatic rings. The molecule has 0 radical (unpaired) electrons. The van der Waals surface area contributed by atoms with Gasteiger partial charge in [-0.2, -0.15) is 10.4 Å². The van der Waals surface area contributed by atoms with Gasteiger partial charge >= 0.3 is 0 Å². The molecule has 25 heavy (non-hydrogen) atoms. The van der Waals surface area contributed by atoms with Gasteiger partial charge in [-0.1, -0.05) is 32.0 Å². The van der Waals surface area contributed by atoms with Crippen LogP contribution >= 0.6 is 0 Å². The number of rotatable bonds is 5. The van der Waals surface area contributed by atoms with Crippen molar-refractivity contribution in [2.45, 2.75) is 32.7 Å². The molecule has 1 saturated heterocycles. The predicted octanol–water partition coefficient (Wildman–Crippen LogP) is 2.80. The minimum Gasteiger partial charge on any atom is -0.308 e. The van der Waals surface area contributed by atoms with Gasteiger partial charge in [-0.25, -0.2) is 4.68 Å². The molecule has 1 aliphatic rings. The lowest BCUT2D eigenvalue weighted by Gasteiger charge is -2.26. The van der Waals surface area contributed by atoms with E-state index in [1.54, 1.807) is 4.68 Å². The molecular weight excluding hydrogens is 314 g/mol. The smallest absolute Gasteiger partial charge is 0.239 e. The van der Waals surface area contributed by atoms with E-state index >= 15 is 0 Å². The number of nitriles is 1. The fourth-order valence-corrected chi connectivity index (χ4v) is 3.47. The van der Waals surface area contributed by atoms with Gasteiger partial charge in [0.1, 0.15) is 11.6 Å². The van der Waals surface area contributed by atoms with E-state index in [-0.39, 0.29) is 5.91 Å². The van der Waals surface area contributed by atoms with Gasteiger partial charge in [0.25, 0.3) is 0 Å². The number of nitrogens with zero attached hydrogens (tertiary/aromatic N) is 4. The van der Waals surface area contributed by atoms with Crippen LogP contribution in [0.4, 0.5) is 5.82 Å². The van der Waals surface area contributed by atoms with Gasteiger partial charge in [-0.05, 0) is 37.4 Å². The summed E-state index contributed by atoms with van der Waals surface area (Å²) < 4.78 is 1.60. The molecule has 130 valence electrons. The van der Waals surface area contributed by atoms with E-state index in [0.717, 1.165) is 25.1 Å². The van der Waals surface area contributed by atoms with Crippen LogP contribution in [-0.2, 0) is 4.79 Å². The first-order chi connectivity index (χ1) is 12.1. The zero-order chi connectivity index (χ0) is 17.8. The molecule has 0 aliphatic carbocycles. The summed E-state index contributed by atoms with van der Waals surface area (Å²) in [6, 6.07) is 12.0. The van der Waals surface area contributed by atoms with E-state index in [4.69, 9.17) is 0 Å². The third-order valence-electron chi connectivity index (χ3n) is 4.68. The fourth-order valence-electron chi connectivity index (χ4n) is 3.47. The third kappa shape index (κ3) is 3.72. The molecule has 0 saturated carbocycles. The Kier molecular flexibility index (Phi) is 5.15. The van der Waals surface area contributed by atoms with Gasteiger partial charge in [0, 0.05) is 6.04 Å². The maximum absolute atomic E-state index is 12.6. The maximum atomic E-state index is 12.6. The number of aromatic nitrogens is 2. The summed E-state index contributed by atoms with van der Waals surface area (Å²) in [6.07, 6.45) is 3.74. The third-order valence-corrected chi connectivity index (χ3v) is 4.68. The van der Waals surface area contributed by atoms with Crippen LogP contribution < -0.4 is 5.32 Å². The second kappa shape index (κ2) is 7.49. The molecule has 1 aromatic carbocycles. The summed E-state index contributed by atoms with van der Waals surface area (Å²) in [5.74, 6) is 0.848. The van der Waals surface area contributed by atoms with Gasteiger partial charge in [0.2, 0.25) is 5.91 Å². The summed E-state index contributed by atoms with van der Waals surface area (Å²) >= 11 is 0. The molecule has 6 nitrogen and oxygen atoms in total. The molecule has 1 aromatic heterocycles. The van der Waals surface area contributed by atoms with Crippen LogP contribution in [0.25, 0.3) is 5.69 Å². The molecule has 1 atom stereocenters. The molecule has 1 fully saturated rings. The van der Waals surface area contributed by atoms with E-state index < -0.39 is 0 Å². The van der Waals surface area contributed by atoms with Crippen LogP contribution in [0, 0.1) is 17.2 Å². The SMILES string of the molecule is CC(C)[C@@H]1CCCN1CC(=O)Nc1c(C#N)cnn1-c1ccccc1. The molecule has 6 heteroatoms. The lowest BCUT2D eigenvalue weighted by Crippen LogP contribution is -2.39. The molecule has 1 N–H and O–H groups in total. The van der Waals surface area contributed by atoms with Gasteiger partial charge in [-0.3, -0.25) is 9.69 Å². The Bertz CT molecular complexity index is 775. The van der Waals surface area contributed by atoms with Crippen LogP contribution in [0.3, 0.4) is 0 Å². The van der Waals surface area contributed by atoms with E-state index in [9.17, 15) is 10.1 Å². The second-order valence-electron chi connectivity index (χ2n) is 6.74. The Morgan fingerprint density at radius 3 is 2.84 bits per heavy atom. The summed E-state index contributed by atoms with van der Waals surface area (Å²) in [7, 11) is 0. The van der Waals surface area contributed by atoms with Gasteiger partial charge in [0.05, 0.1) is 18.4 Å². The predicted molar refractivity (Wildman–Crippen MR) is 96.3 cm³/mol. The first-order valence-electron chi connectivity index (χ1n) is 8.67. The highest BCUT2D eigenvalue weighted by atomic mass is 16.2. The number of benzene rings is 1. The van der Waals surface area contributed by atoms with E-state index in [1.165, 1.54) is 6.20 Å². The summed E-state index contributed by atoms with van der Waals surface area (Å²) in [5.41, 5.74) is 1.17. The van der Waals surface area contributed by atoms with Crippen LogP contribution in [0.15, 0.2) is 36.5 Å². The maximum Gasteiger partial charge on any atom is 0.239 e. The van der Waals surface area contributed by atoms with Crippen LogP contribution in [0.1, 0.15) is 32.3 Å². The monoisotopic (exact) mass is 337 g/mol. The Morgan fingerprint density at radius 1 is 1.40 bits per heavy atom. The highest BCUT2D eigenvalue weighted by molar-refractivity contribution is 5.93. The number of carbonyl (C=O) groups excluding carboxylic acids is 1. The Morgan fingerprint density at radius 2 is 2.16 bits per heavy atom. The zero-order valence-corrected chi connectivity index (χ0v) is 14.6. The lowest BCUT2D eigenvalue weighted by molar-refractivity contribution is -0.117. The van der Waals surface area contributed by atoms with Crippen molar-refractivity contribution in [2.24, 2.45) is 5.92 Å². The van der Waals surface area contributed by atoms with Gasteiger partial charge < -0.3 is 5.32 Å². The molecule has 2 heterocycles. The first-order valence-corrected chi connectivity index (χ1v) is 8.67. The molecule has 0 bridgehead atoms. The van der Waals surface area contributed by atoms with Crippen molar-refractivity contribution in [3.05, 3.63) is 42.1 Å². The number of carbonyl (C=O) groups is 1. The summed E-state index contributed by atoms with van der Waals surface area (Å²) in [5, 5.41) is 16.5. The highest BCUT2D eigenvalue weighted by Crippen LogP contribution is 2.24. The molecule has 1 amide bonds. The number of amides is 1. The summed E-state index contributed by atoms with van der Waals surface area (Å²) in [6.45, 7) is 5.67. The van der Waals surface area contributed by atoms with Crippen LogP contribution in [0.5, 0.6) is 0 Å². The van der Waals surface area contributed by atoms with Crippen molar-refractivity contribution < 1.29 is 4.79 Å². The molecule has 0 unspecified atom stereocenters. The molecular formula is C19H23N5O. The largest absolute Gasteiger partial charge is 0.308 e. The van der Waals surface area contributed by atoms with Crippen molar-refractivity contribution in [2.75, 3.05) is 18.4 Å². The standard InChI is InChI=1S/C19H23N5O/c1-14(2)17-9-6-10-23(17)13-18(25)22-19-15(11-20)12-21-24(19)16-7-4-3-5-8-16/h3-5,7-8,12,14,17H,6,9-10,13H2,1-2H3,(H,22,25)/t17-/m0/s1. The van der Waals surface area contributed by atoms with Crippen LogP contribution in [-0.4, -0.2) is 39.7 Å². The van der Waals surface area contributed by atoms with Crippen molar-refractivity contribution in [3.8, 4) is 11.8 Å². The topological polar surface area (TPSA) is 74.0 Å². The highest BCUT2D eigenvalue weighted by Gasteiger charge is 2.28. The number of likely N-dealkylation sites (tertiary alicyclic amines) is 1. The van der Waals surface area contributed by atoms with Gasteiger partial charge in [0.15, 0.2) is 5.82 Å². The van der Waals surface area contributed by atoms with Gasteiger partial charge in [-0.15, -0.1) is 0 Å². The first kappa shape index (κ1) is 17.2. The zero-order valence-electron chi connectivity index (χ0n) is 14.6. The minimum absolute atomic E-state index is 0.110. The van der Waals surface area contributed by atoms with E-state index in [0.29, 0.717) is 29.9 Å². The number of anilines is 1. The lowest BCUT2D eigenvalue weighted by atomic mass is 10.0. The summed E-state index contributed by atoms with van der Waals surface area (Å²) in [4.78, 5) is 14.8. The van der Waals surface area contributed by atoms with Crippen molar-refractivity contribution >= 4 is 11.7 Å². The number of para-hydroxylation sites is 1. The number of hydrogen-bond donors (Lipinski definition) is 1. The van der Waals surface area contributed by atoms with E-state index in [1.807, 2.05) is 30.3 Å². The van der Waals surface area contributed by atoms with Crippen molar-refractivity contribution in [1.82, 2.24) is 14.7 Å². The Hall–Kier alpha value is -2.65. The minimum atomic E-state index is -0.110. The van der Waals surface area contributed by atoms with Crippen molar-refractivity contribution in [1.29, 1.82) is 5.26 Å². The van der Waals surface area contributed by atoms with Crippen molar-refractivity contribution in [3.63, 3.8) is 0 Å². The van der Waals surface area contributed by atoms with Crippen LogP contribution in [0.2, 0.25) is 0 Å². The number of nitrogens with one attached hydrogen (secondary N) is 1. The Labute approximate surface area is 148 Å². The normalized spacial score (nSPS) is 17.6. The average molecular weight is 337 g/mol. The Balaban J connectivity index is 1.77. The molecule has 1 aliphatic heterocycles. The quantitative estimate of drug-likeness (QED) is 0.910. The molecule has 0 spiro atoms. The number of hydrogen-bond acceptors (Lipinski definition) is 4. The average Bonchev–Trinajstić information content (AvgIpc) is 3.22. The second-order valence-corrected chi connectivity index (χ2v) is 6.74. The fraction of sp³-hybridized carbons (Fsp3) is 0.421.